The predicted octanol–water partition coefficient (Wildman–Crippen LogP) is 4.84. The number of fused-ring (bicyclic) bond motifs is 2. The smallest absolute Gasteiger partial charge is 0.262 e. The third-order valence-corrected chi connectivity index (χ3v) is 5.64. The van der Waals surface area contributed by atoms with Gasteiger partial charge in [-0.3, -0.25) is 9.36 Å². The molecular formula is C26H19N3O5. The maximum Gasteiger partial charge on any atom is 0.262 e. The summed E-state index contributed by atoms with van der Waals surface area (Å²) in [4.78, 5) is 17.9. The van der Waals surface area contributed by atoms with Crippen molar-refractivity contribution in [2.75, 3.05) is 13.4 Å². The van der Waals surface area contributed by atoms with Gasteiger partial charge in [-0.05, 0) is 55.5 Å². The van der Waals surface area contributed by atoms with Crippen molar-refractivity contribution in [3.8, 4) is 45.8 Å². The van der Waals surface area contributed by atoms with Crippen LogP contribution in [0.1, 0.15) is 6.92 Å². The van der Waals surface area contributed by atoms with E-state index in [1.807, 2.05) is 67.6 Å². The minimum Gasteiger partial charge on any atom is -0.494 e. The second kappa shape index (κ2) is 8.08. The van der Waals surface area contributed by atoms with E-state index in [-0.39, 0.29) is 12.4 Å². The molecule has 1 aliphatic rings. The first-order chi connectivity index (χ1) is 16.7. The standard InChI is InChI=1S/C26H19N3O5/c1-2-31-18-10-8-17(9-11-18)29-14-21(19-5-3-4-6-20(19)26(29)30)25-27-24(28-34-25)16-7-12-22-23(13-16)33-15-32-22/h3-14H,2,15H2,1H3. The third-order valence-electron chi connectivity index (χ3n) is 5.64. The van der Waals surface area contributed by atoms with Crippen LogP contribution in [0.15, 0.2) is 82.2 Å². The molecule has 0 N–H and O–H groups in total. The van der Waals surface area contributed by atoms with Gasteiger partial charge in [-0.1, -0.05) is 23.4 Å². The highest BCUT2D eigenvalue weighted by molar-refractivity contribution is 5.94. The van der Waals surface area contributed by atoms with Crippen LogP contribution in [0.4, 0.5) is 0 Å². The Kier molecular flexibility index (Phi) is 4.76. The Bertz CT molecular complexity index is 1570. The molecule has 3 aromatic carbocycles. The zero-order valence-electron chi connectivity index (χ0n) is 18.2. The van der Waals surface area contributed by atoms with Gasteiger partial charge < -0.3 is 18.7 Å². The summed E-state index contributed by atoms with van der Waals surface area (Å²) in [7, 11) is 0. The fourth-order valence-electron chi connectivity index (χ4n) is 4.01. The van der Waals surface area contributed by atoms with Gasteiger partial charge in [-0.2, -0.15) is 4.98 Å². The van der Waals surface area contributed by atoms with Crippen LogP contribution in [-0.2, 0) is 0 Å². The molecule has 0 saturated carbocycles. The molecule has 5 aromatic rings. The van der Waals surface area contributed by atoms with Gasteiger partial charge >= 0.3 is 0 Å². The largest absolute Gasteiger partial charge is 0.494 e. The van der Waals surface area contributed by atoms with Gasteiger partial charge in [0.05, 0.1) is 12.2 Å². The second-order valence-electron chi connectivity index (χ2n) is 7.68. The molecule has 0 aliphatic carbocycles. The first-order valence-corrected chi connectivity index (χ1v) is 10.8. The van der Waals surface area contributed by atoms with Gasteiger partial charge in [0.15, 0.2) is 11.5 Å². The number of rotatable bonds is 5. The Labute approximate surface area is 193 Å². The fourth-order valence-corrected chi connectivity index (χ4v) is 4.01. The Balaban J connectivity index is 1.47. The lowest BCUT2D eigenvalue weighted by molar-refractivity contribution is 0.174. The van der Waals surface area contributed by atoms with Crippen LogP contribution >= 0.6 is 0 Å². The molecular weight excluding hydrogens is 434 g/mol. The van der Waals surface area contributed by atoms with E-state index in [4.69, 9.17) is 18.7 Å². The topological polar surface area (TPSA) is 88.6 Å². The van der Waals surface area contributed by atoms with Crippen LogP contribution in [0.3, 0.4) is 0 Å². The molecule has 168 valence electrons. The molecule has 0 amide bonds. The highest BCUT2D eigenvalue weighted by Gasteiger charge is 2.19. The highest BCUT2D eigenvalue weighted by Crippen LogP contribution is 2.36. The van der Waals surface area contributed by atoms with Crippen molar-refractivity contribution < 1.29 is 18.7 Å². The van der Waals surface area contributed by atoms with Crippen molar-refractivity contribution in [3.63, 3.8) is 0 Å². The molecule has 8 heteroatoms. The summed E-state index contributed by atoms with van der Waals surface area (Å²) in [5, 5.41) is 5.45. The summed E-state index contributed by atoms with van der Waals surface area (Å²) in [6.07, 6.45) is 1.73. The van der Waals surface area contributed by atoms with E-state index in [2.05, 4.69) is 10.1 Å². The fraction of sp³-hybridized carbons (Fsp3) is 0.115. The van der Waals surface area contributed by atoms with E-state index in [1.54, 1.807) is 16.8 Å². The van der Waals surface area contributed by atoms with Crippen molar-refractivity contribution in [1.29, 1.82) is 0 Å². The van der Waals surface area contributed by atoms with E-state index in [0.29, 0.717) is 46.5 Å². The zero-order chi connectivity index (χ0) is 23.1. The van der Waals surface area contributed by atoms with E-state index in [0.717, 1.165) is 16.7 Å². The van der Waals surface area contributed by atoms with E-state index in [9.17, 15) is 4.79 Å². The lowest BCUT2D eigenvalue weighted by Gasteiger charge is -2.11. The summed E-state index contributed by atoms with van der Waals surface area (Å²) in [5.74, 6) is 2.78. The van der Waals surface area contributed by atoms with Gasteiger partial charge in [0.2, 0.25) is 12.6 Å². The molecule has 0 saturated heterocycles. The van der Waals surface area contributed by atoms with Crippen LogP contribution in [0.25, 0.3) is 39.3 Å². The van der Waals surface area contributed by atoms with E-state index < -0.39 is 0 Å². The lowest BCUT2D eigenvalue weighted by atomic mass is 10.1. The molecule has 0 unspecified atom stereocenters. The van der Waals surface area contributed by atoms with Crippen molar-refractivity contribution in [2.24, 2.45) is 0 Å². The lowest BCUT2D eigenvalue weighted by Crippen LogP contribution is -2.18. The Morgan fingerprint density at radius 3 is 2.59 bits per heavy atom. The Morgan fingerprint density at radius 2 is 1.76 bits per heavy atom. The second-order valence-corrected chi connectivity index (χ2v) is 7.68. The molecule has 0 bridgehead atoms. The number of benzene rings is 3. The molecule has 6 rings (SSSR count). The van der Waals surface area contributed by atoms with Crippen LogP contribution in [0, 0.1) is 0 Å². The monoisotopic (exact) mass is 453 g/mol. The van der Waals surface area contributed by atoms with Crippen LogP contribution in [0.2, 0.25) is 0 Å². The van der Waals surface area contributed by atoms with Crippen LogP contribution < -0.4 is 19.8 Å². The van der Waals surface area contributed by atoms with E-state index >= 15 is 0 Å². The number of pyridine rings is 1. The SMILES string of the molecule is CCOc1ccc(-n2cc(-c3nc(-c4ccc5c(c4)OCO5)no3)c3ccccc3c2=O)cc1. The Hall–Kier alpha value is -4.59. The zero-order valence-corrected chi connectivity index (χ0v) is 18.2. The average Bonchev–Trinajstić information content (AvgIpc) is 3.55. The van der Waals surface area contributed by atoms with Gasteiger partial charge in [-0.15, -0.1) is 0 Å². The molecule has 8 nitrogen and oxygen atoms in total. The number of hydrogen-bond donors (Lipinski definition) is 0. The summed E-state index contributed by atoms with van der Waals surface area (Å²) in [6.45, 7) is 2.69. The summed E-state index contributed by atoms with van der Waals surface area (Å²) in [5.41, 5.74) is 1.96. The van der Waals surface area contributed by atoms with Crippen LogP contribution in [0.5, 0.6) is 17.2 Å². The summed E-state index contributed by atoms with van der Waals surface area (Å²) >= 11 is 0. The van der Waals surface area contributed by atoms with Crippen molar-refractivity contribution in [2.45, 2.75) is 6.92 Å². The quantitative estimate of drug-likeness (QED) is 0.376. The maximum atomic E-state index is 13.3. The number of nitrogens with zero attached hydrogens (tertiary/aromatic N) is 3. The van der Waals surface area contributed by atoms with Crippen molar-refractivity contribution >= 4 is 10.8 Å². The summed E-state index contributed by atoms with van der Waals surface area (Å²) < 4.78 is 23.6. The van der Waals surface area contributed by atoms with Gasteiger partial charge in [0.1, 0.15) is 5.75 Å². The van der Waals surface area contributed by atoms with Crippen LogP contribution in [-0.4, -0.2) is 28.1 Å². The molecule has 0 spiro atoms. The molecule has 2 aromatic heterocycles. The van der Waals surface area contributed by atoms with Crippen molar-refractivity contribution in [1.82, 2.24) is 14.7 Å². The minimum absolute atomic E-state index is 0.140. The number of aromatic nitrogens is 3. The van der Waals surface area contributed by atoms with Gasteiger partial charge in [0.25, 0.3) is 11.4 Å². The van der Waals surface area contributed by atoms with Gasteiger partial charge in [-0.25, -0.2) is 0 Å². The molecule has 1 aliphatic heterocycles. The summed E-state index contributed by atoms with van der Waals surface area (Å²) in [6, 6.07) is 20.2. The third kappa shape index (κ3) is 3.36. The average molecular weight is 453 g/mol. The molecule has 0 fully saturated rings. The minimum atomic E-state index is -0.140. The maximum absolute atomic E-state index is 13.3. The van der Waals surface area contributed by atoms with Gasteiger partial charge in [0, 0.05) is 28.2 Å². The Morgan fingerprint density at radius 1 is 0.971 bits per heavy atom. The first kappa shape index (κ1) is 20.0. The van der Waals surface area contributed by atoms with Crippen molar-refractivity contribution in [3.05, 3.63) is 83.3 Å². The highest BCUT2D eigenvalue weighted by atomic mass is 16.7. The molecule has 3 heterocycles. The number of hydrogen-bond acceptors (Lipinski definition) is 7. The van der Waals surface area contributed by atoms with E-state index in [1.165, 1.54) is 0 Å². The molecule has 34 heavy (non-hydrogen) atoms. The predicted molar refractivity (Wildman–Crippen MR) is 126 cm³/mol. The normalized spacial score (nSPS) is 12.3. The number of ether oxygens (including phenoxy) is 3. The molecule has 0 radical (unpaired) electrons. The first-order valence-electron chi connectivity index (χ1n) is 10.8. The molecule has 0 atom stereocenters.